The topological polar surface area (TPSA) is 158 Å². The van der Waals surface area contributed by atoms with E-state index in [1.165, 1.54) is 57.9 Å². The molecule has 1 N–H and O–H groups in total. The van der Waals surface area contributed by atoms with Gasteiger partial charge in [-0.25, -0.2) is 16.6 Å². The van der Waals surface area contributed by atoms with Crippen LogP contribution in [0, 0.1) is 5.41 Å². The molecule has 0 spiro atoms. The molecular formula is C21H29Ag2IK2O10S4-2. The van der Waals surface area contributed by atoms with Gasteiger partial charge in [0.15, 0.2) is 5.78 Å². The number of allylic oxidation sites excluding steroid dienone is 2. The van der Waals surface area contributed by atoms with E-state index in [1.807, 2.05) is 10.3 Å². The van der Waals surface area contributed by atoms with Gasteiger partial charge in [0, 0.05) is 22.4 Å². The molecular weight excluding hydrogens is 961 g/mol. The summed E-state index contributed by atoms with van der Waals surface area (Å²) in [6.45, 7) is 5.87. The molecule has 0 rings (SSSR count). The number of methoxy groups -OCH3 is 2. The predicted octanol–water partition coefficient (Wildman–Crippen LogP) is -3.15. The molecule has 0 aliphatic carbocycles. The first-order chi connectivity index (χ1) is 16.8. The van der Waals surface area contributed by atoms with E-state index < -0.39 is 23.7 Å². The summed E-state index contributed by atoms with van der Waals surface area (Å²) in [5.74, 6) is -3.20. The standard InChI is InChI=1S/C8H12O3S.C6H6O3S.C6H7O3S.CH3I.2Ag.2K.O.H2S/c1-5(9)7(6(2)12-4)8(10)11-3;1-4(7)5(3-10)6(8)9-2;1-4(10-2)5(3-7)6(8)9;1-2;;;;;;/h1-4H3;1-2H3;1-2H3,(H,8,9);1H3;;;;;;1H2/q;-2;-1;;;;2*+1;;/p-1/b7-6-;;5-4-;;;;;;;. The second-order valence-electron chi connectivity index (χ2n) is 5.25. The van der Waals surface area contributed by atoms with E-state index in [0.717, 1.165) is 0 Å². The van der Waals surface area contributed by atoms with Crippen LogP contribution in [0.1, 0.15) is 27.7 Å². The Balaban J connectivity index is -0.0000000463. The Labute approximate surface area is 384 Å². The summed E-state index contributed by atoms with van der Waals surface area (Å²) < 4.78 is 16.8. The van der Waals surface area contributed by atoms with E-state index in [-0.39, 0.29) is 161 Å². The first-order valence-electron chi connectivity index (χ1n) is 8.85. The number of thioether (sulfide) groups is 2. The Bertz CT molecular complexity index is 859. The minimum atomic E-state index is -1.22. The van der Waals surface area contributed by atoms with Crippen LogP contribution < -0.4 is 103 Å². The zero-order valence-corrected chi connectivity index (χ0v) is 38.5. The molecule has 0 fully saturated rings. The number of esters is 2. The number of halogens is 1. The van der Waals surface area contributed by atoms with Crippen LogP contribution >= 0.6 is 46.1 Å². The van der Waals surface area contributed by atoms with E-state index in [0.29, 0.717) is 9.81 Å². The Morgan fingerprint density at radius 3 is 1.30 bits per heavy atom. The SMILES string of the molecule is CI.COC(=O)/C(C(C)=O)=C(/C)SC.COC(=O)C(=[C-][S-])C(C)=O.CS/C(C)=C(/[C-]=O)C(=O)O.[Ag].[K+].[K+].[O]=[Ag].[SH-]. The maximum atomic E-state index is 11.0. The predicted molar refractivity (Wildman–Crippen MR) is 155 cm³/mol. The van der Waals surface area contributed by atoms with Crippen LogP contribution in [0.3, 0.4) is 0 Å². The average molecular weight is 991 g/mol. The zero-order valence-electron chi connectivity index (χ0n) is 23.8. The number of rotatable bonds is 8. The van der Waals surface area contributed by atoms with Crippen molar-refractivity contribution in [3.63, 3.8) is 0 Å². The molecule has 10 nitrogen and oxygen atoms in total. The third-order valence-corrected chi connectivity index (χ3v) is 5.05. The molecule has 0 unspecified atom stereocenters. The second kappa shape index (κ2) is 46.6. The van der Waals surface area contributed by atoms with Crippen LogP contribution in [0.15, 0.2) is 26.5 Å². The Kier molecular flexibility index (Phi) is 76.6. The van der Waals surface area contributed by atoms with Crippen molar-refractivity contribution in [2.75, 3.05) is 31.7 Å². The Morgan fingerprint density at radius 1 is 0.825 bits per heavy atom. The quantitative estimate of drug-likeness (QED) is 0.0249. The van der Waals surface area contributed by atoms with E-state index in [2.05, 4.69) is 44.7 Å². The molecule has 0 aromatic heterocycles. The fourth-order valence-electron chi connectivity index (χ4n) is 1.47. The number of carbonyl (C=O) groups is 5. The van der Waals surface area contributed by atoms with Gasteiger partial charge in [-0.15, -0.1) is 16.7 Å². The summed E-state index contributed by atoms with van der Waals surface area (Å²) in [5.41, 5.74) is -0.352. The van der Waals surface area contributed by atoms with Crippen LogP contribution in [-0.4, -0.2) is 72.5 Å². The number of carbonyl (C=O) groups excluding carboxylic acids is 5. The molecule has 0 amide bonds. The minimum Gasteiger partial charge on any atom is -0.813 e. The van der Waals surface area contributed by atoms with Crippen molar-refractivity contribution < 1.29 is 193 Å². The largest absolute Gasteiger partial charge is 0.813 e. The number of carboxylic acids is 1. The molecule has 0 aromatic carbocycles. The van der Waals surface area contributed by atoms with Gasteiger partial charge in [-0.1, -0.05) is 40.7 Å². The average Bonchev–Trinajstić information content (AvgIpc) is 2.86. The molecule has 0 aliphatic heterocycles. The summed E-state index contributed by atoms with van der Waals surface area (Å²) in [7, 11) is 2.44. The fourth-order valence-corrected chi connectivity index (χ4v) is 2.46. The van der Waals surface area contributed by atoms with Crippen molar-refractivity contribution in [1.29, 1.82) is 0 Å². The van der Waals surface area contributed by atoms with Gasteiger partial charge in [0.05, 0.1) is 26.3 Å². The number of aliphatic carboxylic acids is 1. The van der Waals surface area contributed by atoms with E-state index in [4.69, 9.17) is 8.36 Å². The summed E-state index contributed by atoms with van der Waals surface area (Å²) in [5, 5.41) is 10.4. The Hall–Kier alpha value is 3.19. The van der Waals surface area contributed by atoms with Gasteiger partial charge in [-0.05, 0) is 43.1 Å². The summed E-state index contributed by atoms with van der Waals surface area (Å²) >= 11 is 10.7. The first-order valence-corrected chi connectivity index (χ1v) is 14.5. The molecule has 0 bridgehead atoms. The number of hydrogen-bond acceptors (Lipinski definition) is 13. The van der Waals surface area contributed by atoms with Crippen LogP contribution in [0.2, 0.25) is 0 Å². The van der Waals surface area contributed by atoms with E-state index in [9.17, 15) is 28.8 Å². The smallest absolute Gasteiger partial charge is 0.813 e. The van der Waals surface area contributed by atoms with Gasteiger partial charge < -0.3 is 65.3 Å². The van der Waals surface area contributed by atoms with Crippen molar-refractivity contribution in [2.45, 2.75) is 27.7 Å². The van der Waals surface area contributed by atoms with Crippen LogP contribution in [0.25, 0.3) is 0 Å². The van der Waals surface area contributed by atoms with Crippen molar-refractivity contribution in [2.24, 2.45) is 0 Å². The number of hydrogen-bond donors (Lipinski definition) is 1. The minimum absolute atomic E-state index is 0. The monoisotopic (exact) mass is 988 g/mol. The van der Waals surface area contributed by atoms with Crippen LogP contribution in [0.4, 0.5) is 0 Å². The maximum absolute atomic E-state index is 11.0. The normalized spacial score (nSPS) is 9.65. The molecule has 40 heavy (non-hydrogen) atoms. The maximum Gasteiger partial charge on any atom is -0.813 e. The number of Topliss-reactive ketones (excluding diaryl/α,β-unsaturated/α-hetero) is 2. The van der Waals surface area contributed by atoms with E-state index >= 15 is 0 Å². The summed E-state index contributed by atoms with van der Waals surface area (Å²) in [6.07, 6.45) is 4.87. The van der Waals surface area contributed by atoms with Crippen LogP contribution in [0.5, 0.6) is 0 Å². The molecule has 0 aromatic rings. The third-order valence-electron chi connectivity index (χ3n) is 3.22. The number of ketones is 2. The van der Waals surface area contributed by atoms with Crippen molar-refractivity contribution in [3.05, 3.63) is 31.9 Å². The molecule has 1 radical (unpaired) electrons. The Morgan fingerprint density at radius 2 is 1.18 bits per heavy atom. The van der Waals surface area contributed by atoms with Gasteiger partial charge in [-0.3, -0.25) is 4.79 Å². The van der Waals surface area contributed by atoms with Crippen LogP contribution in [-0.2, 0) is 111 Å². The molecule has 0 saturated heterocycles. The van der Waals surface area contributed by atoms with E-state index in [1.54, 1.807) is 47.4 Å². The summed E-state index contributed by atoms with van der Waals surface area (Å²) in [6, 6.07) is 0. The molecule has 0 heterocycles. The van der Waals surface area contributed by atoms with Gasteiger partial charge in [0.2, 0.25) is 11.9 Å². The molecule has 0 saturated carbocycles. The van der Waals surface area contributed by atoms with Crippen molar-refractivity contribution >= 4 is 108 Å². The fraction of sp³-hybridized carbons (Fsp3) is 0.429. The third kappa shape index (κ3) is 35.7. The zero-order chi connectivity index (χ0) is 30.0. The van der Waals surface area contributed by atoms with Gasteiger partial charge in [0.1, 0.15) is 5.57 Å². The molecule has 19 heteroatoms. The number of alkyl halides is 1. The van der Waals surface area contributed by atoms with Crippen molar-refractivity contribution in [1.82, 2.24) is 0 Å². The second-order valence-corrected chi connectivity index (χ2v) is 7.50. The number of thiol groups is 1. The number of carboxylic acid groups (broad SMARTS) is 1. The summed E-state index contributed by atoms with van der Waals surface area (Å²) in [4.78, 5) is 66.4. The first kappa shape index (κ1) is 65.8. The van der Waals surface area contributed by atoms with Gasteiger partial charge in [-0.2, -0.15) is 0 Å². The number of ether oxygens (including phenoxy) is 2. The van der Waals surface area contributed by atoms with Gasteiger partial charge >= 0.3 is 133 Å². The van der Waals surface area contributed by atoms with Crippen molar-refractivity contribution in [3.8, 4) is 0 Å². The molecule has 230 valence electrons. The van der Waals surface area contributed by atoms with Gasteiger partial charge in [0.25, 0.3) is 0 Å². The molecule has 0 atom stereocenters. The molecule has 0 aliphatic rings.